The first-order valence-corrected chi connectivity index (χ1v) is 11.3. The van der Waals surface area contributed by atoms with E-state index < -0.39 is 11.0 Å². The molecule has 8 heteroatoms. The molecule has 0 fully saturated rings. The third-order valence-corrected chi connectivity index (χ3v) is 6.51. The van der Waals surface area contributed by atoms with Crippen molar-refractivity contribution in [1.82, 2.24) is 9.71 Å². The van der Waals surface area contributed by atoms with Gasteiger partial charge >= 0.3 is 0 Å². The van der Waals surface area contributed by atoms with E-state index in [1.807, 2.05) is 42.5 Å². The summed E-state index contributed by atoms with van der Waals surface area (Å²) >= 11 is 0. The van der Waals surface area contributed by atoms with E-state index in [-0.39, 0.29) is 12.0 Å². The maximum atomic E-state index is 11.9. The number of carbonyl (C=O) groups excluding carboxylic acids is 1. The number of benzene rings is 2. The van der Waals surface area contributed by atoms with Gasteiger partial charge in [0, 0.05) is 23.8 Å². The predicted molar refractivity (Wildman–Crippen MR) is 120 cm³/mol. The van der Waals surface area contributed by atoms with Gasteiger partial charge < -0.3 is 14.2 Å². The predicted octanol–water partition coefficient (Wildman–Crippen LogP) is 4.08. The van der Waals surface area contributed by atoms with Gasteiger partial charge in [0.1, 0.15) is 17.6 Å². The summed E-state index contributed by atoms with van der Waals surface area (Å²) < 4.78 is 31.8. The van der Waals surface area contributed by atoms with Crippen LogP contribution in [0.25, 0.3) is 4.91 Å². The molecular formula is C24H20N2O5S. The molecule has 162 valence electrons. The van der Waals surface area contributed by atoms with E-state index in [0.717, 1.165) is 35.3 Å². The maximum Gasteiger partial charge on any atom is 0.257 e. The lowest BCUT2D eigenvalue weighted by molar-refractivity contribution is -0.114. The molecular weight excluding hydrogens is 428 g/mol. The minimum atomic E-state index is -1.51. The fraction of sp³-hybridized carbons (Fsp3) is 0.167. The Morgan fingerprint density at radius 1 is 1.03 bits per heavy atom. The van der Waals surface area contributed by atoms with Crippen LogP contribution < -0.4 is 18.9 Å². The van der Waals surface area contributed by atoms with E-state index in [0.29, 0.717) is 22.4 Å². The highest BCUT2D eigenvalue weighted by molar-refractivity contribution is 7.93. The Balaban J connectivity index is 1.33. The lowest BCUT2D eigenvalue weighted by Gasteiger charge is -2.16. The Labute approximate surface area is 187 Å². The van der Waals surface area contributed by atoms with Crippen LogP contribution in [-0.4, -0.2) is 22.2 Å². The Morgan fingerprint density at radius 3 is 2.56 bits per heavy atom. The number of rotatable bonds is 6. The highest BCUT2D eigenvalue weighted by Crippen LogP contribution is 2.41. The van der Waals surface area contributed by atoms with E-state index >= 15 is 0 Å². The van der Waals surface area contributed by atoms with Crippen LogP contribution >= 0.6 is 0 Å². The summed E-state index contributed by atoms with van der Waals surface area (Å²) in [4.78, 5) is 16.2. The molecule has 1 N–H and O–H groups in total. The number of fused-ring (bicyclic) bond motifs is 1. The van der Waals surface area contributed by atoms with Gasteiger partial charge in [-0.15, -0.1) is 0 Å². The second kappa shape index (κ2) is 8.47. The lowest BCUT2D eigenvalue weighted by atomic mass is 10.1. The van der Waals surface area contributed by atoms with Gasteiger partial charge in [-0.3, -0.25) is 9.52 Å². The number of methoxy groups -OCH3 is 1. The Bertz CT molecular complexity index is 1240. The molecule has 1 aromatic heterocycles. The normalized spacial score (nSPS) is 19.2. The van der Waals surface area contributed by atoms with Crippen molar-refractivity contribution in [3.8, 4) is 23.3 Å². The van der Waals surface area contributed by atoms with Gasteiger partial charge in [-0.25, -0.2) is 4.21 Å². The molecule has 0 spiro atoms. The summed E-state index contributed by atoms with van der Waals surface area (Å²) in [5, 5.41) is 0. The van der Waals surface area contributed by atoms with Crippen LogP contribution in [0.1, 0.15) is 29.2 Å². The third-order valence-electron chi connectivity index (χ3n) is 5.37. The van der Waals surface area contributed by atoms with Crippen LogP contribution in [0.3, 0.4) is 0 Å². The molecule has 1 unspecified atom stereocenters. The highest BCUT2D eigenvalue weighted by atomic mass is 32.2. The molecule has 2 atom stereocenters. The topological polar surface area (TPSA) is 86.8 Å². The minimum Gasteiger partial charge on any atom is -0.486 e. The van der Waals surface area contributed by atoms with Gasteiger partial charge in [0.15, 0.2) is 11.0 Å². The van der Waals surface area contributed by atoms with E-state index in [2.05, 4.69) is 15.8 Å². The summed E-state index contributed by atoms with van der Waals surface area (Å²) in [7, 11) is 0.0607. The van der Waals surface area contributed by atoms with Crippen LogP contribution in [0.4, 0.5) is 0 Å². The minimum absolute atomic E-state index is 0.0965. The van der Waals surface area contributed by atoms with E-state index in [1.54, 1.807) is 19.2 Å². The van der Waals surface area contributed by atoms with Crippen molar-refractivity contribution < 1.29 is 23.2 Å². The first kappa shape index (κ1) is 20.3. The molecule has 0 radical (unpaired) electrons. The number of aromatic nitrogens is 1. The zero-order chi connectivity index (χ0) is 22.1. The van der Waals surface area contributed by atoms with Crippen molar-refractivity contribution in [3.05, 3.63) is 83.4 Å². The number of nitrogens with zero attached hydrogens (tertiary/aromatic N) is 1. The van der Waals surface area contributed by atoms with Crippen molar-refractivity contribution in [1.29, 1.82) is 0 Å². The number of carbonyl (C=O) groups is 1. The molecule has 3 aromatic rings. The standard InChI is InChI=1S/C24H20N2O5S/c1-29-23-6-3-7-24(25-23)31-19-5-2-4-17-18(19)12-13-20(17)30-16-10-8-15(9-11-16)21-14-22(27)26-32(21)28/h2-11,14,20H,12-13H2,1H3,(H,26,27)/t20-,32?/m1/s1. The number of ether oxygens (including phenoxy) is 3. The molecule has 2 aromatic carbocycles. The largest absolute Gasteiger partial charge is 0.486 e. The molecule has 0 saturated heterocycles. The quantitative estimate of drug-likeness (QED) is 0.611. The molecule has 1 aliphatic carbocycles. The molecule has 1 amide bonds. The SMILES string of the molecule is COc1cccc(Oc2cccc3c2CC[C@H]3Oc2ccc(C3=CC(=O)NS3=O)cc2)n1. The zero-order valence-electron chi connectivity index (χ0n) is 17.2. The van der Waals surface area contributed by atoms with Crippen molar-refractivity contribution in [2.45, 2.75) is 18.9 Å². The fourth-order valence-corrected chi connectivity index (χ4v) is 4.80. The number of hydrogen-bond donors (Lipinski definition) is 1. The fourth-order valence-electron chi connectivity index (χ4n) is 3.88. The van der Waals surface area contributed by atoms with Gasteiger partial charge in [0.25, 0.3) is 5.91 Å². The number of pyridine rings is 1. The van der Waals surface area contributed by atoms with Crippen molar-refractivity contribution >= 4 is 21.8 Å². The monoisotopic (exact) mass is 448 g/mol. The van der Waals surface area contributed by atoms with E-state index in [1.165, 1.54) is 6.08 Å². The highest BCUT2D eigenvalue weighted by Gasteiger charge is 2.27. The van der Waals surface area contributed by atoms with Crippen molar-refractivity contribution in [3.63, 3.8) is 0 Å². The van der Waals surface area contributed by atoms with E-state index in [9.17, 15) is 9.00 Å². The van der Waals surface area contributed by atoms with Crippen LogP contribution in [0, 0.1) is 0 Å². The van der Waals surface area contributed by atoms with Crippen LogP contribution in [0.5, 0.6) is 23.3 Å². The second-order valence-corrected chi connectivity index (χ2v) is 8.54. The van der Waals surface area contributed by atoms with Crippen LogP contribution in [0.15, 0.2) is 66.7 Å². The molecule has 0 saturated carbocycles. The summed E-state index contributed by atoms with van der Waals surface area (Å²) in [6, 6.07) is 18.6. The van der Waals surface area contributed by atoms with Crippen molar-refractivity contribution in [2.24, 2.45) is 0 Å². The zero-order valence-corrected chi connectivity index (χ0v) is 18.1. The molecule has 7 nitrogen and oxygen atoms in total. The van der Waals surface area contributed by atoms with Crippen molar-refractivity contribution in [2.75, 3.05) is 7.11 Å². The molecule has 1 aliphatic heterocycles. The number of amides is 1. The summed E-state index contributed by atoms with van der Waals surface area (Å²) in [6.45, 7) is 0. The van der Waals surface area contributed by atoms with E-state index in [4.69, 9.17) is 14.2 Å². The Hall–Kier alpha value is -3.65. The second-order valence-electron chi connectivity index (χ2n) is 7.36. The summed E-state index contributed by atoms with van der Waals surface area (Å²) in [5.74, 6) is 2.10. The number of nitrogens with one attached hydrogen (secondary N) is 1. The lowest BCUT2D eigenvalue weighted by Crippen LogP contribution is -2.16. The molecule has 5 rings (SSSR count). The first-order chi connectivity index (χ1) is 15.6. The van der Waals surface area contributed by atoms with Gasteiger partial charge in [0.2, 0.25) is 11.8 Å². The maximum absolute atomic E-state index is 11.9. The summed E-state index contributed by atoms with van der Waals surface area (Å²) in [5.41, 5.74) is 2.92. The Morgan fingerprint density at radius 2 is 1.81 bits per heavy atom. The number of hydrogen-bond acceptors (Lipinski definition) is 6. The van der Waals surface area contributed by atoms with Gasteiger partial charge in [-0.2, -0.15) is 4.98 Å². The first-order valence-electron chi connectivity index (χ1n) is 10.1. The molecule has 32 heavy (non-hydrogen) atoms. The summed E-state index contributed by atoms with van der Waals surface area (Å²) in [6.07, 6.45) is 2.92. The van der Waals surface area contributed by atoms with Gasteiger partial charge in [0.05, 0.1) is 12.0 Å². The van der Waals surface area contributed by atoms with Crippen LogP contribution in [-0.2, 0) is 22.2 Å². The average molecular weight is 449 g/mol. The van der Waals surface area contributed by atoms with Crippen LogP contribution in [0.2, 0.25) is 0 Å². The molecule has 2 aliphatic rings. The Kier molecular flexibility index (Phi) is 5.36. The van der Waals surface area contributed by atoms with Gasteiger partial charge in [-0.05, 0) is 42.2 Å². The smallest absolute Gasteiger partial charge is 0.257 e. The average Bonchev–Trinajstić information content (AvgIpc) is 3.37. The van der Waals surface area contributed by atoms with Gasteiger partial charge in [-0.1, -0.05) is 30.3 Å². The molecule has 0 bridgehead atoms. The third kappa shape index (κ3) is 3.97. The molecule has 2 heterocycles.